The second-order valence-electron chi connectivity index (χ2n) is 11.3. The van der Waals surface area contributed by atoms with Crippen LogP contribution < -0.4 is 10.6 Å². The van der Waals surface area contributed by atoms with E-state index in [0.717, 1.165) is 29.2 Å². The molecule has 34 heavy (non-hydrogen) atoms. The third kappa shape index (κ3) is 5.53. The molecule has 2 aromatic carbocycles. The van der Waals surface area contributed by atoms with Gasteiger partial charge in [-0.2, -0.15) is 0 Å². The molecule has 0 bridgehead atoms. The number of benzene rings is 2. The second kappa shape index (κ2) is 9.67. The number of hydrogen-bond acceptors (Lipinski definition) is 5. The standard InChI is InChI=1S/C29H38N2OS2/c1-8-18-9-11-23-25(13-18)34-26-14-19(10-12-24(26)31-23)30-17-33-20-15-21(28(2,3)4)27(32)22(16-20)29(5,6)7/h9-16,21,27,30-32H,8,17H2,1-7H3. The first-order valence-corrected chi connectivity index (χ1v) is 14.0. The maximum absolute atomic E-state index is 11.1. The van der Waals surface area contributed by atoms with E-state index >= 15 is 0 Å². The fraction of sp³-hybridized carbons (Fsp3) is 0.448. The van der Waals surface area contributed by atoms with Crippen molar-refractivity contribution in [3.05, 3.63) is 64.6 Å². The Morgan fingerprint density at radius 3 is 2.32 bits per heavy atom. The number of anilines is 3. The van der Waals surface area contributed by atoms with Gasteiger partial charge < -0.3 is 15.7 Å². The van der Waals surface area contributed by atoms with E-state index in [4.69, 9.17) is 0 Å². The Labute approximate surface area is 213 Å². The lowest BCUT2D eigenvalue weighted by molar-refractivity contribution is 0.0824. The molecule has 3 nitrogen and oxygen atoms in total. The number of nitrogens with one attached hydrogen (secondary N) is 2. The zero-order valence-electron chi connectivity index (χ0n) is 21.5. The minimum absolute atomic E-state index is 0.0000638. The van der Waals surface area contributed by atoms with Crippen LogP contribution >= 0.6 is 23.5 Å². The van der Waals surface area contributed by atoms with Crippen molar-refractivity contribution < 1.29 is 5.11 Å². The summed E-state index contributed by atoms with van der Waals surface area (Å²) in [7, 11) is 0. The average Bonchev–Trinajstić information content (AvgIpc) is 2.76. The Hall–Kier alpha value is -1.82. The monoisotopic (exact) mass is 494 g/mol. The van der Waals surface area contributed by atoms with Gasteiger partial charge in [0.1, 0.15) is 0 Å². The number of thioether (sulfide) groups is 1. The number of rotatable bonds is 5. The van der Waals surface area contributed by atoms with E-state index in [-0.39, 0.29) is 16.7 Å². The molecule has 1 aliphatic heterocycles. The maximum atomic E-state index is 11.1. The first-order valence-electron chi connectivity index (χ1n) is 12.2. The van der Waals surface area contributed by atoms with Crippen LogP contribution in [0.4, 0.5) is 17.1 Å². The van der Waals surface area contributed by atoms with Gasteiger partial charge in [0.05, 0.1) is 23.4 Å². The predicted molar refractivity (Wildman–Crippen MR) is 150 cm³/mol. The van der Waals surface area contributed by atoms with Crippen LogP contribution in [-0.2, 0) is 6.42 Å². The van der Waals surface area contributed by atoms with Gasteiger partial charge in [0.2, 0.25) is 0 Å². The molecule has 182 valence electrons. The number of aryl methyl sites for hydroxylation is 1. The van der Waals surface area contributed by atoms with Crippen LogP contribution in [0.5, 0.6) is 0 Å². The summed E-state index contributed by atoms with van der Waals surface area (Å²) in [6.07, 6.45) is 5.09. The lowest BCUT2D eigenvalue weighted by Gasteiger charge is -2.40. The van der Waals surface area contributed by atoms with Crippen LogP contribution in [-0.4, -0.2) is 17.1 Å². The van der Waals surface area contributed by atoms with Crippen molar-refractivity contribution in [1.29, 1.82) is 0 Å². The number of aliphatic hydroxyl groups excluding tert-OH is 1. The second-order valence-corrected chi connectivity index (χ2v) is 13.5. The molecule has 5 heteroatoms. The molecule has 0 fully saturated rings. The first kappa shape index (κ1) is 25.3. The third-order valence-corrected chi connectivity index (χ3v) is 8.60. The molecule has 0 aromatic heterocycles. The summed E-state index contributed by atoms with van der Waals surface area (Å²) >= 11 is 3.64. The highest BCUT2D eigenvalue weighted by molar-refractivity contribution is 8.03. The topological polar surface area (TPSA) is 44.3 Å². The highest BCUT2D eigenvalue weighted by atomic mass is 32.2. The summed E-state index contributed by atoms with van der Waals surface area (Å²) in [6.45, 7) is 15.4. The molecular weight excluding hydrogens is 456 g/mol. The highest BCUT2D eigenvalue weighted by Gasteiger charge is 2.38. The van der Waals surface area contributed by atoms with Crippen LogP contribution in [0.15, 0.2) is 68.8 Å². The van der Waals surface area contributed by atoms with Crippen LogP contribution in [0.2, 0.25) is 0 Å². The molecule has 0 amide bonds. The van der Waals surface area contributed by atoms with Crippen LogP contribution in [0.3, 0.4) is 0 Å². The van der Waals surface area contributed by atoms with Gasteiger partial charge >= 0.3 is 0 Å². The zero-order chi connectivity index (χ0) is 24.7. The minimum Gasteiger partial charge on any atom is -0.388 e. The molecule has 2 aromatic rings. The Morgan fingerprint density at radius 1 is 1.00 bits per heavy atom. The average molecular weight is 495 g/mol. The van der Waals surface area contributed by atoms with Crippen LogP contribution in [0.1, 0.15) is 54.0 Å². The smallest absolute Gasteiger partial charge is 0.0826 e. The number of hydrogen-bond donors (Lipinski definition) is 3. The van der Waals surface area contributed by atoms with Gasteiger partial charge in [0.15, 0.2) is 0 Å². The van der Waals surface area contributed by atoms with Gasteiger partial charge in [0, 0.05) is 26.3 Å². The Bertz CT molecular complexity index is 1120. The van der Waals surface area contributed by atoms with Gasteiger partial charge in [-0.3, -0.25) is 0 Å². The molecule has 2 aliphatic rings. The molecule has 1 heterocycles. The molecule has 0 saturated carbocycles. The van der Waals surface area contributed by atoms with E-state index in [1.165, 1.54) is 25.9 Å². The maximum Gasteiger partial charge on any atom is 0.0826 e. The van der Waals surface area contributed by atoms with Gasteiger partial charge in [-0.05, 0) is 64.8 Å². The quantitative estimate of drug-likeness (QED) is 0.311. The summed E-state index contributed by atoms with van der Waals surface area (Å²) in [5, 5.41) is 18.3. The van der Waals surface area contributed by atoms with E-state index in [9.17, 15) is 5.11 Å². The van der Waals surface area contributed by atoms with E-state index in [0.29, 0.717) is 0 Å². The molecule has 0 spiro atoms. The van der Waals surface area contributed by atoms with Gasteiger partial charge in [-0.15, -0.1) is 11.8 Å². The third-order valence-electron chi connectivity index (χ3n) is 6.61. The number of aliphatic hydroxyl groups is 1. The summed E-state index contributed by atoms with van der Waals surface area (Å²) in [5.74, 6) is 0.883. The number of allylic oxidation sites excluding steroid dienone is 1. The summed E-state index contributed by atoms with van der Waals surface area (Å²) in [6, 6.07) is 13.2. The van der Waals surface area contributed by atoms with Crippen molar-refractivity contribution in [2.75, 3.05) is 16.5 Å². The molecule has 4 rings (SSSR count). The van der Waals surface area contributed by atoms with Crippen molar-refractivity contribution in [3.63, 3.8) is 0 Å². The van der Waals surface area contributed by atoms with Gasteiger partial charge in [-0.1, -0.05) is 72.4 Å². The Morgan fingerprint density at radius 2 is 1.68 bits per heavy atom. The van der Waals surface area contributed by atoms with E-state index < -0.39 is 6.10 Å². The molecule has 2 atom stereocenters. The normalized spacial score (nSPS) is 20.0. The lowest BCUT2D eigenvalue weighted by atomic mass is 9.68. The number of fused-ring (bicyclic) bond motifs is 2. The van der Waals surface area contributed by atoms with E-state index in [1.807, 2.05) is 11.8 Å². The van der Waals surface area contributed by atoms with E-state index in [1.54, 1.807) is 11.8 Å². The first-order chi connectivity index (χ1) is 16.0. The molecular formula is C29H38N2OS2. The Kier molecular flexibility index (Phi) is 7.19. The minimum atomic E-state index is -0.432. The van der Waals surface area contributed by atoms with Crippen LogP contribution in [0, 0.1) is 16.7 Å². The molecule has 0 radical (unpaired) electrons. The van der Waals surface area contributed by atoms with Gasteiger partial charge in [0.25, 0.3) is 0 Å². The molecule has 2 unspecified atom stereocenters. The summed E-state index contributed by atoms with van der Waals surface area (Å²) in [4.78, 5) is 3.77. The summed E-state index contributed by atoms with van der Waals surface area (Å²) < 4.78 is 0. The van der Waals surface area contributed by atoms with Crippen molar-refractivity contribution in [3.8, 4) is 0 Å². The fourth-order valence-electron chi connectivity index (χ4n) is 4.48. The van der Waals surface area contributed by atoms with Crippen molar-refractivity contribution in [2.45, 2.75) is 70.8 Å². The molecule has 1 aliphatic carbocycles. The Balaban J connectivity index is 1.46. The highest BCUT2D eigenvalue weighted by Crippen LogP contribution is 2.46. The largest absolute Gasteiger partial charge is 0.388 e. The lowest BCUT2D eigenvalue weighted by Crippen LogP contribution is -2.37. The van der Waals surface area contributed by atoms with Crippen molar-refractivity contribution in [1.82, 2.24) is 0 Å². The molecule has 3 N–H and O–H groups in total. The van der Waals surface area contributed by atoms with E-state index in [2.05, 4.69) is 108 Å². The van der Waals surface area contributed by atoms with Crippen LogP contribution in [0.25, 0.3) is 0 Å². The SMILES string of the molecule is CCc1ccc2c(c1)Sc1cc(NCSC3=CC(C(C)(C)C)C(O)C(C(C)(C)C)=C3)ccc1N2. The fourth-order valence-corrected chi connectivity index (χ4v) is 6.43. The molecule has 0 saturated heterocycles. The predicted octanol–water partition coefficient (Wildman–Crippen LogP) is 8.45. The summed E-state index contributed by atoms with van der Waals surface area (Å²) in [5.41, 5.74) is 5.90. The van der Waals surface area contributed by atoms with Crippen molar-refractivity contribution >= 4 is 40.6 Å². The van der Waals surface area contributed by atoms with Crippen molar-refractivity contribution in [2.24, 2.45) is 16.7 Å². The zero-order valence-corrected chi connectivity index (χ0v) is 23.1. The van der Waals surface area contributed by atoms with Gasteiger partial charge in [-0.25, -0.2) is 0 Å².